The van der Waals surface area contributed by atoms with Crippen LogP contribution in [0, 0.1) is 6.92 Å². The van der Waals surface area contributed by atoms with Gasteiger partial charge in [-0.3, -0.25) is 9.59 Å². The fourth-order valence-electron chi connectivity index (χ4n) is 2.85. The largest absolute Gasteiger partial charge is 0.326 e. The minimum absolute atomic E-state index is 0.0839. The molecule has 0 radical (unpaired) electrons. The lowest BCUT2D eigenvalue weighted by molar-refractivity contribution is -0.115. The topological polar surface area (TPSA) is 58.2 Å². The van der Waals surface area contributed by atoms with E-state index in [1.165, 1.54) is 6.92 Å². The van der Waals surface area contributed by atoms with Crippen LogP contribution in [0.5, 0.6) is 0 Å². The molecule has 126 valence electrons. The number of aryl methyl sites for hydroxylation is 1. The van der Waals surface area contributed by atoms with Crippen LogP contribution in [0.2, 0.25) is 0 Å². The van der Waals surface area contributed by atoms with E-state index in [1.54, 1.807) is 6.07 Å². The summed E-state index contributed by atoms with van der Waals surface area (Å²) >= 11 is 0. The van der Waals surface area contributed by atoms with Gasteiger partial charge in [-0.25, -0.2) is 0 Å². The highest BCUT2D eigenvalue weighted by molar-refractivity contribution is 5.97. The van der Waals surface area contributed by atoms with Crippen LogP contribution in [-0.2, 0) is 16.0 Å². The molecule has 0 aliphatic heterocycles. The molecule has 3 aromatic rings. The van der Waals surface area contributed by atoms with Gasteiger partial charge in [-0.1, -0.05) is 48.5 Å². The Morgan fingerprint density at radius 3 is 2.48 bits per heavy atom. The van der Waals surface area contributed by atoms with Crippen LogP contribution in [0.4, 0.5) is 11.4 Å². The van der Waals surface area contributed by atoms with Crippen molar-refractivity contribution in [2.45, 2.75) is 20.3 Å². The van der Waals surface area contributed by atoms with Gasteiger partial charge in [0.05, 0.1) is 6.42 Å². The first-order valence-electron chi connectivity index (χ1n) is 8.17. The third kappa shape index (κ3) is 4.04. The lowest BCUT2D eigenvalue weighted by Gasteiger charge is -2.12. The third-order valence-corrected chi connectivity index (χ3v) is 4.06. The van der Waals surface area contributed by atoms with Crippen LogP contribution >= 0.6 is 0 Å². The van der Waals surface area contributed by atoms with Gasteiger partial charge in [-0.05, 0) is 41.0 Å². The highest BCUT2D eigenvalue weighted by atomic mass is 16.2. The standard InChI is InChI=1S/C21H20N2O2/c1-14-10-11-18(22-15(2)24)13-20(14)23-21(25)12-17-8-5-7-16-6-3-4-9-19(16)17/h3-11,13H,12H2,1-2H3,(H,22,24)(H,23,25). The minimum atomic E-state index is -0.142. The van der Waals surface area contributed by atoms with Gasteiger partial charge in [-0.2, -0.15) is 0 Å². The van der Waals surface area contributed by atoms with Gasteiger partial charge >= 0.3 is 0 Å². The van der Waals surface area contributed by atoms with E-state index in [1.807, 2.05) is 61.5 Å². The number of hydrogen-bond acceptors (Lipinski definition) is 2. The molecule has 0 aromatic heterocycles. The van der Waals surface area contributed by atoms with Crippen molar-refractivity contribution in [2.24, 2.45) is 0 Å². The second-order valence-corrected chi connectivity index (χ2v) is 6.07. The molecule has 0 saturated carbocycles. The maximum atomic E-state index is 12.5. The zero-order valence-corrected chi connectivity index (χ0v) is 14.3. The number of rotatable bonds is 4. The highest BCUT2D eigenvalue weighted by Crippen LogP contribution is 2.22. The van der Waals surface area contributed by atoms with Crippen LogP contribution in [0.1, 0.15) is 18.1 Å². The first-order chi connectivity index (χ1) is 12.0. The molecule has 2 N–H and O–H groups in total. The lowest BCUT2D eigenvalue weighted by atomic mass is 10.0. The van der Waals surface area contributed by atoms with Crippen LogP contribution in [0.3, 0.4) is 0 Å². The molecule has 3 rings (SSSR count). The van der Waals surface area contributed by atoms with E-state index in [9.17, 15) is 9.59 Å². The highest BCUT2D eigenvalue weighted by Gasteiger charge is 2.09. The first kappa shape index (κ1) is 16.7. The molecule has 0 spiro atoms. The van der Waals surface area contributed by atoms with Gasteiger partial charge in [-0.15, -0.1) is 0 Å². The summed E-state index contributed by atoms with van der Waals surface area (Å²) in [6, 6.07) is 19.5. The summed E-state index contributed by atoms with van der Waals surface area (Å²) in [6.45, 7) is 3.38. The van der Waals surface area contributed by atoms with Crippen molar-refractivity contribution in [3.05, 3.63) is 71.8 Å². The van der Waals surface area contributed by atoms with Crippen LogP contribution in [0.15, 0.2) is 60.7 Å². The average Bonchev–Trinajstić information content (AvgIpc) is 2.58. The number of hydrogen-bond donors (Lipinski definition) is 2. The van der Waals surface area contributed by atoms with E-state index in [0.717, 1.165) is 21.9 Å². The molecule has 0 heterocycles. The quantitative estimate of drug-likeness (QED) is 0.749. The van der Waals surface area contributed by atoms with Crippen molar-refractivity contribution < 1.29 is 9.59 Å². The summed E-state index contributed by atoms with van der Waals surface area (Å²) < 4.78 is 0. The monoisotopic (exact) mass is 332 g/mol. The van der Waals surface area contributed by atoms with Crippen LogP contribution in [-0.4, -0.2) is 11.8 Å². The van der Waals surface area contributed by atoms with Crippen molar-refractivity contribution in [1.82, 2.24) is 0 Å². The molecule has 0 bridgehead atoms. The molecular formula is C21H20N2O2. The number of amides is 2. The van der Waals surface area contributed by atoms with E-state index in [2.05, 4.69) is 10.6 Å². The number of nitrogens with one attached hydrogen (secondary N) is 2. The van der Waals surface area contributed by atoms with E-state index in [4.69, 9.17) is 0 Å². The molecule has 0 unspecified atom stereocenters. The summed E-state index contributed by atoms with van der Waals surface area (Å²) in [5.41, 5.74) is 3.31. The van der Waals surface area contributed by atoms with Crippen molar-refractivity contribution in [3.8, 4) is 0 Å². The average molecular weight is 332 g/mol. The van der Waals surface area contributed by atoms with Crippen molar-refractivity contribution in [2.75, 3.05) is 10.6 Å². The molecule has 2 amide bonds. The molecular weight excluding hydrogens is 312 g/mol. The number of fused-ring (bicyclic) bond motifs is 1. The molecule has 0 atom stereocenters. The summed E-state index contributed by atoms with van der Waals surface area (Å²) in [6.07, 6.45) is 0.297. The fourth-order valence-corrected chi connectivity index (χ4v) is 2.85. The van der Waals surface area contributed by atoms with E-state index in [-0.39, 0.29) is 11.8 Å². The second kappa shape index (κ2) is 7.18. The summed E-state index contributed by atoms with van der Waals surface area (Å²) in [5, 5.41) is 7.88. The number of carbonyl (C=O) groups excluding carboxylic acids is 2. The number of benzene rings is 3. The van der Waals surface area contributed by atoms with E-state index >= 15 is 0 Å². The Morgan fingerprint density at radius 1 is 0.920 bits per heavy atom. The number of anilines is 2. The maximum absolute atomic E-state index is 12.5. The van der Waals surface area contributed by atoms with Crippen molar-refractivity contribution in [1.29, 1.82) is 0 Å². The van der Waals surface area contributed by atoms with Crippen molar-refractivity contribution >= 4 is 34.0 Å². The molecule has 3 aromatic carbocycles. The number of carbonyl (C=O) groups is 2. The molecule has 4 nitrogen and oxygen atoms in total. The zero-order valence-electron chi connectivity index (χ0n) is 14.3. The minimum Gasteiger partial charge on any atom is -0.326 e. The van der Waals surface area contributed by atoms with Gasteiger partial charge in [0.1, 0.15) is 0 Å². The molecule has 0 fully saturated rings. The fraction of sp³-hybridized carbons (Fsp3) is 0.143. The summed E-state index contributed by atoms with van der Waals surface area (Å²) in [7, 11) is 0. The molecule has 25 heavy (non-hydrogen) atoms. The van der Waals surface area contributed by atoms with E-state index in [0.29, 0.717) is 17.8 Å². The second-order valence-electron chi connectivity index (χ2n) is 6.07. The Balaban J connectivity index is 1.79. The normalized spacial score (nSPS) is 10.5. The molecule has 4 heteroatoms. The summed E-state index contributed by atoms with van der Waals surface area (Å²) in [4.78, 5) is 23.7. The van der Waals surface area contributed by atoms with E-state index < -0.39 is 0 Å². The van der Waals surface area contributed by atoms with Gasteiger partial charge in [0.2, 0.25) is 11.8 Å². The summed E-state index contributed by atoms with van der Waals surface area (Å²) in [5.74, 6) is -0.226. The van der Waals surface area contributed by atoms with Gasteiger partial charge in [0, 0.05) is 18.3 Å². The molecule has 0 saturated heterocycles. The zero-order chi connectivity index (χ0) is 17.8. The Labute approximate surface area is 146 Å². The Hall–Kier alpha value is -3.14. The first-order valence-corrected chi connectivity index (χ1v) is 8.17. The lowest BCUT2D eigenvalue weighted by Crippen LogP contribution is -2.16. The predicted octanol–water partition coefficient (Wildman–Crippen LogP) is 4.29. The predicted molar refractivity (Wildman–Crippen MR) is 102 cm³/mol. The molecule has 0 aliphatic carbocycles. The third-order valence-electron chi connectivity index (χ3n) is 4.06. The van der Waals surface area contributed by atoms with Gasteiger partial charge in [0.25, 0.3) is 0 Å². The van der Waals surface area contributed by atoms with Gasteiger partial charge < -0.3 is 10.6 Å². The van der Waals surface area contributed by atoms with Crippen LogP contribution in [0.25, 0.3) is 10.8 Å². The Morgan fingerprint density at radius 2 is 1.68 bits per heavy atom. The van der Waals surface area contributed by atoms with Gasteiger partial charge in [0.15, 0.2) is 0 Å². The Kier molecular flexibility index (Phi) is 4.80. The Bertz CT molecular complexity index is 942. The van der Waals surface area contributed by atoms with Crippen molar-refractivity contribution in [3.63, 3.8) is 0 Å². The smallest absolute Gasteiger partial charge is 0.228 e. The maximum Gasteiger partial charge on any atom is 0.228 e. The van der Waals surface area contributed by atoms with Crippen LogP contribution < -0.4 is 10.6 Å². The SMILES string of the molecule is CC(=O)Nc1ccc(C)c(NC(=O)Cc2cccc3ccccc23)c1. The molecule has 0 aliphatic rings.